The van der Waals surface area contributed by atoms with E-state index in [0.717, 1.165) is 7.11 Å². The smallest absolute Gasteiger partial charge is 0.420 e. The zero-order chi connectivity index (χ0) is 22.8. The number of carbonyl (C=O) groups excluding carboxylic acids is 4. The van der Waals surface area contributed by atoms with E-state index in [2.05, 4.69) is 0 Å². The van der Waals surface area contributed by atoms with Crippen molar-refractivity contribution in [2.45, 2.75) is 78.6 Å². The molecule has 9 nitrogen and oxygen atoms in total. The Morgan fingerprint density at radius 2 is 1.41 bits per heavy atom. The van der Waals surface area contributed by atoms with E-state index in [-0.39, 0.29) is 19.4 Å². The summed E-state index contributed by atoms with van der Waals surface area (Å²) in [7, 11) is 1.14. The van der Waals surface area contributed by atoms with Crippen molar-refractivity contribution in [3.63, 3.8) is 0 Å². The van der Waals surface area contributed by atoms with Gasteiger partial charge in [-0.1, -0.05) is 6.08 Å². The van der Waals surface area contributed by atoms with Gasteiger partial charge in [-0.15, -0.1) is 0 Å². The average molecular weight is 415 g/mol. The second kappa shape index (κ2) is 11.4. The van der Waals surface area contributed by atoms with Crippen LogP contribution in [-0.4, -0.2) is 60.0 Å². The molecule has 0 aliphatic carbocycles. The average Bonchev–Trinajstić information content (AvgIpc) is 2.53. The number of amides is 2. The molecule has 0 aromatic rings. The lowest BCUT2D eigenvalue weighted by molar-refractivity contribution is -0.146. The van der Waals surface area contributed by atoms with Gasteiger partial charge in [0.05, 0.1) is 13.7 Å². The van der Waals surface area contributed by atoms with Crippen LogP contribution in [0.25, 0.3) is 0 Å². The second-order valence-corrected chi connectivity index (χ2v) is 8.10. The summed E-state index contributed by atoms with van der Waals surface area (Å²) in [6, 6.07) is -1.29. The minimum Gasteiger partial charge on any atom is -0.467 e. The van der Waals surface area contributed by atoms with Crippen LogP contribution >= 0.6 is 0 Å². The summed E-state index contributed by atoms with van der Waals surface area (Å²) in [5, 5.41) is 0. The fourth-order valence-electron chi connectivity index (χ4n) is 2.06. The lowest BCUT2D eigenvalue weighted by Crippen LogP contribution is -2.52. The Morgan fingerprint density at radius 3 is 1.79 bits per heavy atom. The van der Waals surface area contributed by atoms with Crippen molar-refractivity contribution in [1.29, 1.82) is 0 Å². The molecule has 0 aliphatic heterocycles. The summed E-state index contributed by atoms with van der Waals surface area (Å²) in [4.78, 5) is 49.7. The van der Waals surface area contributed by atoms with Gasteiger partial charge in [0.2, 0.25) is 0 Å². The SMILES string of the molecule is CCOC(=O)C=CCC[C@@H](C(=O)OC)N(C(=O)OC(C)(C)C)C(=O)OC(C)(C)C. The number of nitrogens with zero attached hydrogens (tertiary/aromatic N) is 1. The molecule has 0 radical (unpaired) electrons. The molecule has 0 saturated heterocycles. The lowest BCUT2D eigenvalue weighted by Gasteiger charge is -2.32. The predicted molar refractivity (Wildman–Crippen MR) is 105 cm³/mol. The highest BCUT2D eigenvalue weighted by molar-refractivity contribution is 5.94. The summed E-state index contributed by atoms with van der Waals surface area (Å²) >= 11 is 0. The summed E-state index contributed by atoms with van der Waals surface area (Å²) in [5.41, 5.74) is -1.80. The van der Waals surface area contributed by atoms with Crippen LogP contribution in [0.15, 0.2) is 12.2 Å². The van der Waals surface area contributed by atoms with Gasteiger partial charge in [-0.05, 0) is 61.3 Å². The Morgan fingerprint density at radius 1 is 0.931 bits per heavy atom. The highest BCUT2D eigenvalue weighted by atomic mass is 16.6. The molecule has 0 spiro atoms. The largest absolute Gasteiger partial charge is 0.467 e. The highest BCUT2D eigenvalue weighted by Crippen LogP contribution is 2.20. The van der Waals surface area contributed by atoms with Gasteiger partial charge in [0.1, 0.15) is 17.2 Å². The standard InChI is InChI=1S/C20H33NO8/c1-9-27-15(22)13-11-10-12-14(16(23)26-8)21(17(24)28-19(2,3)4)18(25)29-20(5,6)7/h11,13-14H,9-10,12H2,1-8H3/t14-/m0/s1. The van der Waals surface area contributed by atoms with Gasteiger partial charge in [-0.3, -0.25) is 0 Å². The maximum atomic E-state index is 12.7. The number of esters is 2. The quantitative estimate of drug-likeness (QED) is 0.352. The molecule has 0 unspecified atom stereocenters. The van der Waals surface area contributed by atoms with E-state index in [1.54, 1.807) is 48.5 Å². The molecule has 0 rings (SSSR count). The fraction of sp³-hybridized carbons (Fsp3) is 0.700. The van der Waals surface area contributed by atoms with E-state index < -0.39 is 41.4 Å². The Balaban J connectivity index is 5.66. The Kier molecular flexibility index (Phi) is 10.4. The van der Waals surface area contributed by atoms with E-state index in [1.807, 2.05) is 0 Å². The first-order valence-electron chi connectivity index (χ1n) is 9.38. The zero-order valence-electron chi connectivity index (χ0n) is 18.6. The third-order valence-electron chi connectivity index (χ3n) is 3.11. The molecule has 29 heavy (non-hydrogen) atoms. The van der Waals surface area contributed by atoms with Gasteiger partial charge in [0.25, 0.3) is 0 Å². The normalized spacial score (nSPS) is 12.8. The van der Waals surface area contributed by atoms with Crippen LogP contribution in [0.2, 0.25) is 0 Å². The number of hydrogen-bond acceptors (Lipinski definition) is 8. The summed E-state index contributed by atoms with van der Waals surface area (Å²) < 4.78 is 20.1. The van der Waals surface area contributed by atoms with Crippen molar-refractivity contribution in [3.05, 3.63) is 12.2 Å². The van der Waals surface area contributed by atoms with Crippen LogP contribution < -0.4 is 0 Å². The molecule has 0 aromatic heterocycles. The molecule has 0 aliphatic rings. The molecule has 9 heteroatoms. The molecule has 0 heterocycles. The number of imide groups is 1. The van der Waals surface area contributed by atoms with Crippen molar-refractivity contribution >= 4 is 24.1 Å². The number of carbonyl (C=O) groups is 4. The van der Waals surface area contributed by atoms with E-state index >= 15 is 0 Å². The second-order valence-electron chi connectivity index (χ2n) is 8.10. The number of rotatable bonds is 7. The number of allylic oxidation sites excluding steroid dienone is 1. The Bertz CT molecular complexity index is 585. The molecular weight excluding hydrogens is 382 g/mol. The van der Waals surface area contributed by atoms with Crippen molar-refractivity contribution < 1.29 is 38.1 Å². The summed E-state index contributed by atoms with van der Waals surface area (Å²) in [6.45, 7) is 11.7. The Labute approximate surface area is 172 Å². The summed E-state index contributed by atoms with van der Waals surface area (Å²) in [6.07, 6.45) is 0.828. The molecule has 0 aromatic carbocycles. The monoisotopic (exact) mass is 415 g/mol. The maximum absolute atomic E-state index is 12.7. The van der Waals surface area contributed by atoms with Gasteiger partial charge in [-0.2, -0.15) is 4.90 Å². The first kappa shape index (κ1) is 26.4. The van der Waals surface area contributed by atoms with E-state index in [1.165, 1.54) is 12.2 Å². The van der Waals surface area contributed by atoms with Crippen LogP contribution in [-0.2, 0) is 28.5 Å². The molecule has 0 N–H and O–H groups in total. The number of methoxy groups -OCH3 is 1. The fourth-order valence-corrected chi connectivity index (χ4v) is 2.06. The molecule has 1 atom stereocenters. The van der Waals surface area contributed by atoms with E-state index in [4.69, 9.17) is 18.9 Å². The van der Waals surface area contributed by atoms with Crippen molar-refractivity contribution in [3.8, 4) is 0 Å². The number of hydrogen-bond donors (Lipinski definition) is 0. The maximum Gasteiger partial charge on any atom is 0.420 e. The third kappa shape index (κ3) is 11.1. The van der Waals surface area contributed by atoms with E-state index in [0.29, 0.717) is 4.90 Å². The predicted octanol–water partition coefficient (Wildman–Crippen LogP) is 3.60. The molecule has 0 fully saturated rings. The molecule has 2 amide bonds. The third-order valence-corrected chi connectivity index (χ3v) is 3.11. The van der Waals surface area contributed by atoms with Crippen LogP contribution in [0.4, 0.5) is 9.59 Å². The minimum absolute atomic E-state index is 0.00106. The Hall–Kier alpha value is -2.58. The first-order chi connectivity index (χ1) is 13.2. The van der Waals surface area contributed by atoms with Crippen LogP contribution in [0, 0.1) is 0 Å². The zero-order valence-corrected chi connectivity index (χ0v) is 18.6. The van der Waals surface area contributed by atoms with Crippen molar-refractivity contribution in [1.82, 2.24) is 4.90 Å². The highest BCUT2D eigenvalue weighted by Gasteiger charge is 2.40. The molecule has 166 valence electrons. The topological polar surface area (TPSA) is 108 Å². The van der Waals surface area contributed by atoms with Gasteiger partial charge < -0.3 is 18.9 Å². The van der Waals surface area contributed by atoms with Crippen molar-refractivity contribution in [2.24, 2.45) is 0 Å². The minimum atomic E-state index is -1.29. The molecular formula is C20H33NO8. The van der Waals surface area contributed by atoms with Gasteiger partial charge in [0, 0.05) is 6.08 Å². The first-order valence-corrected chi connectivity index (χ1v) is 9.38. The van der Waals surface area contributed by atoms with Gasteiger partial charge >= 0.3 is 24.1 Å². The summed E-state index contributed by atoms with van der Waals surface area (Å²) in [5.74, 6) is -1.34. The molecule has 0 bridgehead atoms. The van der Waals surface area contributed by atoms with Crippen LogP contribution in [0.1, 0.15) is 61.3 Å². The van der Waals surface area contributed by atoms with Gasteiger partial charge in [-0.25, -0.2) is 19.2 Å². The van der Waals surface area contributed by atoms with Crippen molar-refractivity contribution in [2.75, 3.05) is 13.7 Å². The van der Waals surface area contributed by atoms with Crippen LogP contribution in [0.5, 0.6) is 0 Å². The number of ether oxygens (including phenoxy) is 4. The van der Waals surface area contributed by atoms with E-state index in [9.17, 15) is 19.2 Å². The van der Waals surface area contributed by atoms with Gasteiger partial charge in [0.15, 0.2) is 0 Å². The molecule has 0 saturated carbocycles. The lowest BCUT2D eigenvalue weighted by atomic mass is 10.1. The van der Waals surface area contributed by atoms with Crippen LogP contribution in [0.3, 0.4) is 0 Å².